The normalized spacial score (nSPS) is 18.2. The van der Waals surface area contributed by atoms with Crippen LogP contribution in [0, 0.1) is 0 Å². The molecule has 2 aliphatic rings. The summed E-state index contributed by atoms with van der Waals surface area (Å²) in [4.78, 5) is 30.6. The van der Waals surface area contributed by atoms with Gasteiger partial charge in [-0.15, -0.1) is 11.8 Å². The van der Waals surface area contributed by atoms with Gasteiger partial charge in [-0.1, -0.05) is 68.2 Å². The second kappa shape index (κ2) is 10.4. The second-order valence-electron chi connectivity index (χ2n) is 10.5. The Labute approximate surface area is 231 Å². The number of carbonyl (C=O) groups is 2. The van der Waals surface area contributed by atoms with Crippen LogP contribution in [0.15, 0.2) is 48.5 Å². The van der Waals surface area contributed by atoms with Crippen LogP contribution in [-0.2, 0) is 15.0 Å². The Morgan fingerprint density at radius 1 is 1.08 bits per heavy atom. The maximum atomic E-state index is 13.7. The molecule has 0 spiro atoms. The maximum absolute atomic E-state index is 13.7. The summed E-state index contributed by atoms with van der Waals surface area (Å²) < 4.78 is 1.78. The molecule has 37 heavy (non-hydrogen) atoms. The number of thioether (sulfide) groups is 1. The molecule has 1 saturated heterocycles. The molecule has 0 aliphatic carbocycles. The van der Waals surface area contributed by atoms with Crippen molar-refractivity contribution in [2.75, 3.05) is 30.3 Å². The van der Waals surface area contributed by atoms with Crippen LogP contribution >= 0.6 is 35.0 Å². The molecule has 1 aromatic heterocycles. The molecule has 194 valence electrons. The van der Waals surface area contributed by atoms with E-state index in [0.29, 0.717) is 15.9 Å². The fraction of sp³-hybridized carbons (Fsp3) is 0.393. The molecule has 3 aromatic rings. The molecule has 0 radical (unpaired) electrons. The molecule has 0 saturated carbocycles. The fourth-order valence-corrected chi connectivity index (χ4v) is 6.72. The van der Waals surface area contributed by atoms with Crippen molar-refractivity contribution in [2.45, 2.75) is 44.3 Å². The fourth-order valence-electron chi connectivity index (χ4n) is 5.00. The number of nitrogens with zero attached hydrogens (tertiary/aromatic N) is 4. The van der Waals surface area contributed by atoms with Gasteiger partial charge < -0.3 is 4.90 Å². The Bertz CT molecular complexity index is 1340. The van der Waals surface area contributed by atoms with Crippen molar-refractivity contribution < 1.29 is 9.59 Å². The number of carbonyl (C=O) groups excluding carboxylic acids is 2. The Hall–Kier alpha value is -2.48. The molecule has 2 aliphatic heterocycles. The predicted octanol–water partition coefficient (Wildman–Crippen LogP) is 6.27. The van der Waals surface area contributed by atoms with Crippen molar-refractivity contribution >= 4 is 52.6 Å². The Morgan fingerprint density at radius 2 is 1.81 bits per heavy atom. The molecule has 1 fully saturated rings. The first-order valence-electron chi connectivity index (χ1n) is 12.5. The van der Waals surface area contributed by atoms with E-state index in [1.165, 1.54) is 11.8 Å². The van der Waals surface area contributed by atoms with E-state index in [0.717, 1.165) is 48.4 Å². The molecule has 6 nitrogen and oxygen atoms in total. The maximum Gasteiger partial charge on any atom is 0.242 e. The molecule has 0 N–H and O–H groups in total. The number of rotatable bonds is 4. The van der Waals surface area contributed by atoms with Crippen molar-refractivity contribution in [1.82, 2.24) is 14.7 Å². The van der Waals surface area contributed by atoms with Crippen LogP contribution in [0.5, 0.6) is 0 Å². The van der Waals surface area contributed by atoms with Crippen molar-refractivity contribution in [3.63, 3.8) is 0 Å². The molecule has 5 rings (SSSR count). The quantitative estimate of drug-likeness (QED) is 0.380. The largest absolute Gasteiger partial charge is 0.341 e. The van der Waals surface area contributed by atoms with E-state index in [4.69, 9.17) is 28.3 Å². The molecule has 9 heteroatoms. The third-order valence-corrected chi connectivity index (χ3v) is 8.61. The van der Waals surface area contributed by atoms with E-state index in [2.05, 4.69) is 20.8 Å². The highest BCUT2D eigenvalue weighted by atomic mass is 35.5. The van der Waals surface area contributed by atoms with Crippen LogP contribution in [0.25, 0.3) is 5.69 Å². The van der Waals surface area contributed by atoms with Crippen molar-refractivity contribution in [1.29, 1.82) is 0 Å². The highest BCUT2D eigenvalue weighted by Gasteiger charge is 2.40. The molecular formula is C28H30Cl2N4O2S. The lowest BCUT2D eigenvalue weighted by Gasteiger charge is -2.26. The summed E-state index contributed by atoms with van der Waals surface area (Å²) in [7, 11) is 0. The van der Waals surface area contributed by atoms with Gasteiger partial charge in [0, 0.05) is 34.1 Å². The zero-order valence-corrected chi connectivity index (χ0v) is 23.5. The smallest absolute Gasteiger partial charge is 0.242 e. The Kier molecular flexibility index (Phi) is 7.31. The van der Waals surface area contributed by atoms with Gasteiger partial charge in [0.25, 0.3) is 0 Å². The SMILES string of the molecule is CC(C)(C)c1nn(-c2cccc(Cl)c2)c2c1C(c1ccccc1Cl)SCC(=O)N2CC(=O)N1CCCC1. The summed E-state index contributed by atoms with van der Waals surface area (Å²) in [5.74, 6) is 0.655. The van der Waals surface area contributed by atoms with Gasteiger partial charge in [-0.3, -0.25) is 14.5 Å². The number of hydrogen-bond donors (Lipinski definition) is 0. The minimum Gasteiger partial charge on any atom is -0.341 e. The lowest BCUT2D eigenvalue weighted by Crippen LogP contribution is -2.43. The number of benzene rings is 2. The molecule has 1 atom stereocenters. The Balaban J connectivity index is 1.77. The van der Waals surface area contributed by atoms with E-state index < -0.39 is 0 Å². The van der Waals surface area contributed by atoms with E-state index in [1.807, 2.05) is 47.4 Å². The molecule has 3 heterocycles. The summed E-state index contributed by atoms with van der Waals surface area (Å²) in [6.45, 7) is 7.75. The van der Waals surface area contributed by atoms with Gasteiger partial charge in [0.15, 0.2) is 0 Å². The van der Waals surface area contributed by atoms with Crippen LogP contribution in [0.2, 0.25) is 10.0 Å². The first-order valence-corrected chi connectivity index (χ1v) is 14.3. The summed E-state index contributed by atoms with van der Waals surface area (Å²) >= 11 is 14.6. The number of likely N-dealkylation sites (tertiary alicyclic amines) is 1. The molecule has 1 unspecified atom stereocenters. The third kappa shape index (κ3) is 5.14. The summed E-state index contributed by atoms with van der Waals surface area (Å²) in [5.41, 5.74) is 3.08. The van der Waals surface area contributed by atoms with E-state index >= 15 is 0 Å². The predicted molar refractivity (Wildman–Crippen MR) is 151 cm³/mol. The van der Waals surface area contributed by atoms with Gasteiger partial charge in [-0.05, 0) is 42.7 Å². The molecule has 2 aromatic carbocycles. The monoisotopic (exact) mass is 556 g/mol. The van der Waals surface area contributed by atoms with E-state index in [-0.39, 0.29) is 34.8 Å². The van der Waals surface area contributed by atoms with Crippen LogP contribution in [0.1, 0.15) is 55.7 Å². The van der Waals surface area contributed by atoms with Crippen molar-refractivity contribution in [3.8, 4) is 5.69 Å². The lowest BCUT2D eigenvalue weighted by molar-refractivity contribution is -0.130. The van der Waals surface area contributed by atoms with Gasteiger partial charge in [-0.2, -0.15) is 5.10 Å². The lowest BCUT2D eigenvalue weighted by atomic mass is 9.87. The Morgan fingerprint density at radius 3 is 2.49 bits per heavy atom. The third-order valence-electron chi connectivity index (χ3n) is 6.79. The van der Waals surface area contributed by atoms with Crippen LogP contribution < -0.4 is 4.90 Å². The van der Waals surface area contributed by atoms with Crippen LogP contribution in [0.4, 0.5) is 5.82 Å². The van der Waals surface area contributed by atoms with Gasteiger partial charge in [0.2, 0.25) is 11.8 Å². The van der Waals surface area contributed by atoms with Gasteiger partial charge in [0.05, 0.1) is 22.4 Å². The van der Waals surface area contributed by atoms with E-state index in [9.17, 15) is 9.59 Å². The first kappa shape index (κ1) is 26.1. The zero-order valence-electron chi connectivity index (χ0n) is 21.2. The highest BCUT2D eigenvalue weighted by molar-refractivity contribution is 8.00. The number of anilines is 1. The summed E-state index contributed by atoms with van der Waals surface area (Å²) in [6, 6.07) is 15.1. The first-order chi connectivity index (χ1) is 17.6. The molecule has 0 bridgehead atoms. The zero-order chi connectivity index (χ0) is 26.3. The molecule has 2 amide bonds. The standard InChI is InChI=1S/C28H30Cl2N4O2S/c1-28(2,3)26-24-25(20-11-4-5-12-21(20)30)37-17-23(36)33(16-22(35)32-13-6-7-14-32)27(24)34(31-26)19-10-8-9-18(29)15-19/h4-5,8-12,15,25H,6-7,13-14,16-17H2,1-3H3. The van der Waals surface area contributed by atoms with Crippen LogP contribution in [-0.4, -0.2) is 51.9 Å². The minimum atomic E-state index is -0.341. The van der Waals surface area contributed by atoms with Gasteiger partial charge >= 0.3 is 0 Å². The highest BCUT2D eigenvalue weighted by Crippen LogP contribution is 2.49. The number of amides is 2. The van der Waals surface area contributed by atoms with Gasteiger partial charge in [-0.25, -0.2) is 4.68 Å². The number of halogens is 2. The number of fused-ring (bicyclic) bond motifs is 1. The minimum absolute atomic E-state index is 0.0303. The van der Waals surface area contributed by atoms with Gasteiger partial charge in [0.1, 0.15) is 12.4 Å². The molecular weight excluding hydrogens is 527 g/mol. The number of aromatic nitrogens is 2. The average molecular weight is 558 g/mol. The summed E-state index contributed by atoms with van der Waals surface area (Å²) in [6.07, 6.45) is 1.98. The summed E-state index contributed by atoms with van der Waals surface area (Å²) in [5, 5.41) is 6.06. The van der Waals surface area contributed by atoms with E-state index in [1.54, 1.807) is 15.6 Å². The van der Waals surface area contributed by atoms with Crippen LogP contribution in [0.3, 0.4) is 0 Å². The van der Waals surface area contributed by atoms with Crippen molar-refractivity contribution in [3.05, 3.63) is 75.4 Å². The van der Waals surface area contributed by atoms with Crippen molar-refractivity contribution in [2.24, 2.45) is 0 Å². The topological polar surface area (TPSA) is 58.4 Å². The second-order valence-corrected chi connectivity index (χ2v) is 12.4. The number of hydrogen-bond acceptors (Lipinski definition) is 4. The average Bonchev–Trinajstić information content (AvgIpc) is 3.50.